The number of aromatic amines is 1. The fourth-order valence-electron chi connectivity index (χ4n) is 0.619. The van der Waals surface area contributed by atoms with Gasteiger partial charge in [0.15, 0.2) is 0 Å². The lowest BCUT2D eigenvalue weighted by molar-refractivity contribution is -0.671. The van der Waals surface area contributed by atoms with E-state index in [1.807, 2.05) is 24.0 Å². The first-order chi connectivity index (χ1) is 3.84. The number of H-pyrrole nitrogens is 1. The summed E-state index contributed by atoms with van der Waals surface area (Å²) >= 11 is 0. The van der Waals surface area contributed by atoms with Crippen LogP contribution in [0.4, 0.5) is 0 Å². The molecule has 1 aromatic heterocycles. The van der Waals surface area contributed by atoms with Gasteiger partial charge in [-0.25, -0.2) is 9.55 Å². The third-order valence-corrected chi connectivity index (χ3v) is 1.10. The van der Waals surface area contributed by atoms with Gasteiger partial charge in [-0.1, -0.05) is 6.58 Å². The second-order valence-corrected chi connectivity index (χ2v) is 1.66. The van der Waals surface area contributed by atoms with E-state index in [1.54, 1.807) is 6.08 Å². The molecule has 0 amide bonds. The molecule has 42 valence electrons. The molecule has 1 aromatic rings. The Labute approximate surface area is 48.5 Å². The molecule has 0 spiro atoms. The summed E-state index contributed by atoms with van der Waals surface area (Å²) in [5, 5.41) is 0. The predicted molar refractivity (Wildman–Crippen MR) is 32.1 cm³/mol. The standard InChI is InChI=1S/C6H8N2/c1-3-6-7-4-5-8(6)2/h3-5H,1H2,2H3/p+1. The average Bonchev–Trinajstić information content (AvgIpc) is 2.14. The molecule has 8 heavy (non-hydrogen) atoms. The predicted octanol–water partition coefficient (Wildman–Crippen LogP) is 0.482. The van der Waals surface area contributed by atoms with E-state index < -0.39 is 0 Å². The van der Waals surface area contributed by atoms with Crippen LogP contribution in [-0.4, -0.2) is 4.98 Å². The van der Waals surface area contributed by atoms with Crippen molar-refractivity contribution in [2.24, 2.45) is 7.05 Å². The highest BCUT2D eigenvalue weighted by molar-refractivity contribution is 5.31. The zero-order valence-corrected chi connectivity index (χ0v) is 4.89. The molecule has 1 rings (SSSR count). The Hall–Kier alpha value is -1.05. The Balaban J connectivity index is 3.09. The third-order valence-electron chi connectivity index (χ3n) is 1.10. The Kier molecular flexibility index (Phi) is 1.16. The molecule has 0 unspecified atom stereocenters. The minimum atomic E-state index is 1.03. The summed E-state index contributed by atoms with van der Waals surface area (Å²) in [4.78, 5) is 3.00. The molecule has 0 aliphatic carbocycles. The molecule has 0 aliphatic heterocycles. The van der Waals surface area contributed by atoms with Crippen LogP contribution in [0, 0.1) is 0 Å². The summed E-state index contributed by atoms with van der Waals surface area (Å²) in [7, 11) is 1.97. The second-order valence-electron chi connectivity index (χ2n) is 1.66. The number of nitrogens with zero attached hydrogens (tertiary/aromatic N) is 1. The van der Waals surface area contributed by atoms with Crippen LogP contribution in [0.25, 0.3) is 6.08 Å². The minimum absolute atomic E-state index is 1.03. The monoisotopic (exact) mass is 109 g/mol. The molecule has 1 N–H and O–H groups in total. The van der Waals surface area contributed by atoms with E-state index >= 15 is 0 Å². The molecule has 0 aliphatic rings. The van der Waals surface area contributed by atoms with E-state index in [2.05, 4.69) is 11.6 Å². The summed E-state index contributed by atoms with van der Waals surface area (Å²) in [5.74, 6) is 1.03. The minimum Gasteiger partial charge on any atom is -0.244 e. The van der Waals surface area contributed by atoms with Gasteiger partial charge in [0, 0.05) is 6.08 Å². The summed E-state index contributed by atoms with van der Waals surface area (Å²) in [6.45, 7) is 3.61. The highest BCUT2D eigenvalue weighted by Crippen LogP contribution is 1.83. The number of aromatic nitrogens is 2. The van der Waals surface area contributed by atoms with Crippen molar-refractivity contribution in [1.29, 1.82) is 0 Å². The fraction of sp³-hybridized carbons (Fsp3) is 0.167. The summed E-state index contributed by atoms with van der Waals surface area (Å²) < 4.78 is 1.97. The lowest BCUT2D eigenvalue weighted by atomic mass is 10.6. The van der Waals surface area contributed by atoms with Crippen molar-refractivity contribution in [3.05, 3.63) is 24.8 Å². The molecule has 0 saturated carbocycles. The van der Waals surface area contributed by atoms with Gasteiger partial charge in [0.1, 0.15) is 12.4 Å². The average molecular weight is 109 g/mol. The number of imidazole rings is 1. The molecule has 2 nitrogen and oxygen atoms in total. The quantitative estimate of drug-likeness (QED) is 0.506. The van der Waals surface area contributed by atoms with E-state index in [4.69, 9.17) is 0 Å². The number of hydrogen-bond acceptors (Lipinski definition) is 0. The Morgan fingerprint density at radius 1 is 1.88 bits per heavy atom. The van der Waals surface area contributed by atoms with Crippen LogP contribution < -0.4 is 4.57 Å². The topological polar surface area (TPSA) is 19.7 Å². The van der Waals surface area contributed by atoms with Crippen molar-refractivity contribution >= 4 is 6.08 Å². The molecule has 0 radical (unpaired) electrons. The third kappa shape index (κ3) is 0.644. The number of rotatable bonds is 1. The van der Waals surface area contributed by atoms with Crippen molar-refractivity contribution < 1.29 is 4.57 Å². The van der Waals surface area contributed by atoms with E-state index in [0.717, 1.165) is 5.82 Å². The molecule has 0 saturated heterocycles. The number of nitrogens with one attached hydrogen (secondary N) is 1. The van der Waals surface area contributed by atoms with Crippen LogP contribution in [0.1, 0.15) is 5.82 Å². The van der Waals surface area contributed by atoms with Gasteiger partial charge in [-0.05, 0) is 0 Å². The molecule has 2 heteroatoms. The van der Waals surface area contributed by atoms with Crippen LogP contribution in [0.5, 0.6) is 0 Å². The Morgan fingerprint density at radius 3 is 2.88 bits per heavy atom. The first kappa shape index (κ1) is 5.09. The number of hydrogen-bond donors (Lipinski definition) is 1. The van der Waals surface area contributed by atoms with Gasteiger partial charge in [0.2, 0.25) is 0 Å². The first-order valence-corrected chi connectivity index (χ1v) is 2.50. The van der Waals surface area contributed by atoms with Crippen molar-refractivity contribution in [2.45, 2.75) is 0 Å². The normalized spacial score (nSPS) is 9.12. The van der Waals surface area contributed by atoms with Crippen molar-refractivity contribution in [2.75, 3.05) is 0 Å². The van der Waals surface area contributed by atoms with Crippen molar-refractivity contribution in [1.82, 2.24) is 4.98 Å². The SMILES string of the molecule is C=Cc1[nH]cc[n+]1C. The summed E-state index contributed by atoms with van der Waals surface area (Å²) in [6.07, 6.45) is 5.59. The van der Waals surface area contributed by atoms with Crippen LogP contribution in [0.3, 0.4) is 0 Å². The highest BCUT2D eigenvalue weighted by Gasteiger charge is 1.96. The molecule has 0 bridgehead atoms. The van der Waals surface area contributed by atoms with E-state index in [-0.39, 0.29) is 0 Å². The zero-order valence-electron chi connectivity index (χ0n) is 4.89. The van der Waals surface area contributed by atoms with Crippen molar-refractivity contribution in [3.8, 4) is 0 Å². The smallest absolute Gasteiger partial charge is 0.244 e. The van der Waals surface area contributed by atoms with E-state index in [0.29, 0.717) is 0 Å². The van der Waals surface area contributed by atoms with Gasteiger partial charge in [-0.3, -0.25) is 0 Å². The van der Waals surface area contributed by atoms with Gasteiger partial charge in [-0.2, -0.15) is 0 Å². The van der Waals surface area contributed by atoms with Gasteiger partial charge < -0.3 is 0 Å². The van der Waals surface area contributed by atoms with Gasteiger partial charge in [0.25, 0.3) is 5.82 Å². The molecular weight excluding hydrogens is 100 g/mol. The van der Waals surface area contributed by atoms with Crippen LogP contribution >= 0.6 is 0 Å². The van der Waals surface area contributed by atoms with Crippen molar-refractivity contribution in [3.63, 3.8) is 0 Å². The molecule has 0 fully saturated rings. The molecule has 1 heterocycles. The fourth-order valence-corrected chi connectivity index (χ4v) is 0.619. The summed E-state index contributed by atoms with van der Waals surface area (Å²) in [5.41, 5.74) is 0. The van der Waals surface area contributed by atoms with Crippen LogP contribution in [0.15, 0.2) is 19.0 Å². The first-order valence-electron chi connectivity index (χ1n) is 2.50. The maximum atomic E-state index is 3.61. The van der Waals surface area contributed by atoms with Gasteiger partial charge >= 0.3 is 0 Å². The Morgan fingerprint density at radius 2 is 2.62 bits per heavy atom. The lowest BCUT2D eigenvalue weighted by Crippen LogP contribution is -2.27. The largest absolute Gasteiger partial charge is 0.278 e. The van der Waals surface area contributed by atoms with E-state index in [1.165, 1.54) is 0 Å². The summed E-state index contributed by atoms with van der Waals surface area (Å²) in [6, 6.07) is 0. The maximum Gasteiger partial charge on any atom is 0.278 e. The second kappa shape index (κ2) is 1.82. The molecule has 0 aromatic carbocycles. The van der Waals surface area contributed by atoms with Crippen LogP contribution in [-0.2, 0) is 7.05 Å². The van der Waals surface area contributed by atoms with E-state index in [9.17, 15) is 0 Å². The zero-order chi connectivity index (χ0) is 5.98. The number of aryl methyl sites for hydroxylation is 1. The van der Waals surface area contributed by atoms with Crippen LogP contribution in [0.2, 0.25) is 0 Å². The van der Waals surface area contributed by atoms with Gasteiger partial charge in [0.05, 0.1) is 7.05 Å². The molecular formula is C6H9N2+. The maximum absolute atomic E-state index is 3.61. The lowest BCUT2D eigenvalue weighted by Gasteiger charge is -1.79. The Bertz CT molecular complexity index is 188. The van der Waals surface area contributed by atoms with Gasteiger partial charge in [-0.15, -0.1) is 0 Å². The highest BCUT2D eigenvalue weighted by atomic mass is 15.0. The molecule has 0 atom stereocenters.